The molecule has 1 atom stereocenters. The lowest BCUT2D eigenvalue weighted by Crippen LogP contribution is -2.16. The largest absolute Gasteiger partial charge is 0.299 e. The molecule has 0 aliphatic heterocycles. The number of rotatable bonds is 8. The first-order valence-corrected chi connectivity index (χ1v) is 8.18. The minimum atomic E-state index is 0.190. The third-order valence-corrected chi connectivity index (χ3v) is 4.23. The monoisotopic (exact) mass is 286 g/mol. The van der Waals surface area contributed by atoms with Crippen molar-refractivity contribution in [1.82, 2.24) is 9.78 Å². The van der Waals surface area contributed by atoms with Crippen LogP contribution in [0.15, 0.2) is 24.3 Å². The summed E-state index contributed by atoms with van der Waals surface area (Å²) in [5, 5.41) is 5.76. The van der Waals surface area contributed by atoms with Gasteiger partial charge in [-0.25, -0.2) is 0 Å². The van der Waals surface area contributed by atoms with Gasteiger partial charge in [-0.3, -0.25) is 9.48 Å². The maximum atomic E-state index is 12.5. The van der Waals surface area contributed by atoms with Crippen LogP contribution in [-0.2, 0) is 17.8 Å². The van der Waals surface area contributed by atoms with Crippen LogP contribution in [0.2, 0.25) is 0 Å². The Morgan fingerprint density at radius 3 is 2.67 bits per heavy atom. The fourth-order valence-corrected chi connectivity index (χ4v) is 2.92. The van der Waals surface area contributed by atoms with Crippen molar-refractivity contribution < 1.29 is 4.79 Å². The second-order valence-corrected chi connectivity index (χ2v) is 5.67. The Balaban J connectivity index is 2.21. The maximum Gasteiger partial charge on any atom is 0.141 e. The molecule has 3 heteroatoms. The summed E-state index contributed by atoms with van der Waals surface area (Å²) in [5.41, 5.74) is 2.07. The van der Waals surface area contributed by atoms with E-state index in [4.69, 9.17) is 0 Å². The van der Waals surface area contributed by atoms with Gasteiger partial charge in [0.05, 0.1) is 17.6 Å². The molecule has 2 aromatic rings. The first kappa shape index (κ1) is 15.7. The van der Waals surface area contributed by atoms with E-state index in [0.29, 0.717) is 12.2 Å². The van der Waals surface area contributed by atoms with E-state index in [9.17, 15) is 4.79 Å². The van der Waals surface area contributed by atoms with Crippen LogP contribution in [0.3, 0.4) is 0 Å². The van der Waals surface area contributed by atoms with Gasteiger partial charge < -0.3 is 0 Å². The van der Waals surface area contributed by atoms with E-state index in [1.165, 1.54) is 0 Å². The molecule has 114 valence electrons. The van der Waals surface area contributed by atoms with Gasteiger partial charge in [-0.05, 0) is 25.8 Å². The number of ketones is 1. The number of para-hydroxylation sites is 1. The fourth-order valence-electron chi connectivity index (χ4n) is 2.92. The Kier molecular flexibility index (Phi) is 5.54. The highest BCUT2D eigenvalue weighted by atomic mass is 16.1. The highest BCUT2D eigenvalue weighted by Crippen LogP contribution is 2.22. The molecule has 21 heavy (non-hydrogen) atoms. The van der Waals surface area contributed by atoms with Crippen LogP contribution in [0.1, 0.15) is 52.1 Å². The lowest BCUT2D eigenvalue weighted by Gasteiger charge is -2.12. The molecular formula is C18H26N2O. The Hall–Kier alpha value is -1.64. The number of unbranched alkanes of at least 4 members (excludes halogenated alkanes) is 1. The van der Waals surface area contributed by atoms with Gasteiger partial charge in [-0.2, -0.15) is 5.10 Å². The number of fused-ring (bicyclic) bond motifs is 1. The smallest absolute Gasteiger partial charge is 0.141 e. The summed E-state index contributed by atoms with van der Waals surface area (Å²) >= 11 is 0. The summed E-state index contributed by atoms with van der Waals surface area (Å²) in [6.07, 6.45) is 4.70. The molecule has 0 aliphatic rings. The molecule has 1 aromatic carbocycles. The SMILES string of the molecule is CCCCC(CC)C(=O)Cc1nn(CC)c2ccccc12. The standard InChI is InChI=1S/C18H26N2O/c1-4-7-10-14(5-2)18(21)13-16-15-11-8-9-12-17(15)20(6-3)19-16/h8-9,11-12,14H,4-7,10,13H2,1-3H3. The number of benzene rings is 1. The first-order valence-electron chi connectivity index (χ1n) is 8.18. The molecule has 0 N–H and O–H groups in total. The van der Waals surface area contributed by atoms with Crippen LogP contribution in [0.4, 0.5) is 0 Å². The molecule has 0 fully saturated rings. The number of nitrogens with zero attached hydrogens (tertiary/aromatic N) is 2. The number of carbonyl (C=O) groups is 1. The molecule has 0 aliphatic carbocycles. The van der Waals surface area contributed by atoms with Crippen LogP contribution in [0.25, 0.3) is 10.9 Å². The molecule has 3 nitrogen and oxygen atoms in total. The lowest BCUT2D eigenvalue weighted by atomic mass is 9.92. The van der Waals surface area contributed by atoms with Crippen molar-refractivity contribution in [2.75, 3.05) is 0 Å². The minimum absolute atomic E-state index is 0.190. The number of hydrogen-bond acceptors (Lipinski definition) is 2. The molecule has 1 heterocycles. The highest BCUT2D eigenvalue weighted by molar-refractivity contribution is 5.89. The van der Waals surface area contributed by atoms with Gasteiger partial charge in [-0.15, -0.1) is 0 Å². The van der Waals surface area contributed by atoms with Crippen LogP contribution in [0, 0.1) is 5.92 Å². The molecular weight excluding hydrogens is 260 g/mol. The predicted octanol–water partition coefficient (Wildman–Crippen LogP) is 4.38. The zero-order valence-electron chi connectivity index (χ0n) is 13.4. The maximum absolute atomic E-state index is 12.5. The summed E-state index contributed by atoms with van der Waals surface area (Å²) in [6, 6.07) is 8.20. The van der Waals surface area contributed by atoms with E-state index >= 15 is 0 Å². The van der Waals surface area contributed by atoms with Crippen molar-refractivity contribution in [3.05, 3.63) is 30.0 Å². The van der Waals surface area contributed by atoms with Crippen LogP contribution in [0.5, 0.6) is 0 Å². The molecule has 0 radical (unpaired) electrons. The molecule has 0 spiro atoms. The van der Waals surface area contributed by atoms with Gasteiger partial charge in [-0.1, -0.05) is 44.9 Å². The zero-order valence-corrected chi connectivity index (χ0v) is 13.4. The van der Waals surface area contributed by atoms with Gasteiger partial charge in [0, 0.05) is 17.8 Å². The van der Waals surface area contributed by atoms with Gasteiger partial charge in [0.25, 0.3) is 0 Å². The molecule has 1 aromatic heterocycles. The van der Waals surface area contributed by atoms with Crippen LogP contribution < -0.4 is 0 Å². The van der Waals surface area contributed by atoms with Crippen LogP contribution >= 0.6 is 0 Å². The molecule has 2 rings (SSSR count). The van der Waals surface area contributed by atoms with Gasteiger partial charge in [0.2, 0.25) is 0 Å². The van der Waals surface area contributed by atoms with Crippen molar-refractivity contribution >= 4 is 16.7 Å². The van der Waals surface area contributed by atoms with Crippen molar-refractivity contribution in [2.45, 2.75) is 59.4 Å². The number of Topliss-reactive ketones (excluding diaryl/α,β-unsaturated/α-hetero) is 1. The van der Waals surface area contributed by atoms with Gasteiger partial charge in [0.1, 0.15) is 5.78 Å². The third kappa shape index (κ3) is 3.52. The van der Waals surface area contributed by atoms with E-state index in [1.807, 2.05) is 16.8 Å². The summed E-state index contributed by atoms with van der Waals surface area (Å²) in [6.45, 7) is 7.21. The Bertz CT molecular complexity index is 600. The summed E-state index contributed by atoms with van der Waals surface area (Å²) < 4.78 is 1.99. The number of aryl methyl sites for hydroxylation is 1. The lowest BCUT2D eigenvalue weighted by molar-refractivity contribution is -0.122. The second-order valence-electron chi connectivity index (χ2n) is 5.67. The van der Waals surface area contributed by atoms with Gasteiger partial charge in [0.15, 0.2) is 0 Å². The average Bonchev–Trinajstić information content (AvgIpc) is 2.86. The third-order valence-electron chi connectivity index (χ3n) is 4.23. The normalized spacial score (nSPS) is 12.7. The summed E-state index contributed by atoms with van der Waals surface area (Å²) in [5.74, 6) is 0.535. The van der Waals surface area contributed by atoms with Crippen molar-refractivity contribution in [2.24, 2.45) is 5.92 Å². The first-order chi connectivity index (χ1) is 10.2. The topological polar surface area (TPSA) is 34.9 Å². The second kappa shape index (κ2) is 7.39. The quantitative estimate of drug-likeness (QED) is 0.721. The fraction of sp³-hybridized carbons (Fsp3) is 0.556. The van der Waals surface area contributed by atoms with E-state index in [1.54, 1.807) is 0 Å². The zero-order chi connectivity index (χ0) is 15.2. The molecule has 0 saturated heterocycles. The van der Waals surface area contributed by atoms with Crippen LogP contribution in [-0.4, -0.2) is 15.6 Å². The van der Waals surface area contributed by atoms with E-state index in [-0.39, 0.29) is 5.92 Å². The Labute approximate surface area is 127 Å². The number of hydrogen-bond donors (Lipinski definition) is 0. The summed E-state index contributed by atoms with van der Waals surface area (Å²) in [7, 11) is 0. The molecule has 0 saturated carbocycles. The number of aromatic nitrogens is 2. The van der Waals surface area contributed by atoms with E-state index in [2.05, 4.69) is 38.0 Å². The highest BCUT2D eigenvalue weighted by Gasteiger charge is 2.19. The van der Waals surface area contributed by atoms with Crippen molar-refractivity contribution in [1.29, 1.82) is 0 Å². The van der Waals surface area contributed by atoms with Gasteiger partial charge >= 0.3 is 0 Å². The predicted molar refractivity (Wildman–Crippen MR) is 87.4 cm³/mol. The van der Waals surface area contributed by atoms with Crippen molar-refractivity contribution in [3.63, 3.8) is 0 Å². The van der Waals surface area contributed by atoms with E-state index in [0.717, 1.165) is 48.8 Å². The molecule has 0 amide bonds. The van der Waals surface area contributed by atoms with E-state index < -0.39 is 0 Å². The van der Waals surface area contributed by atoms with Crippen molar-refractivity contribution in [3.8, 4) is 0 Å². The Morgan fingerprint density at radius 1 is 1.24 bits per heavy atom. The minimum Gasteiger partial charge on any atom is -0.299 e. The average molecular weight is 286 g/mol. The molecule has 0 bridgehead atoms. The number of carbonyl (C=O) groups excluding carboxylic acids is 1. The Morgan fingerprint density at radius 2 is 2.00 bits per heavy atom. The summed E-state index contributed by atoms with van der Waals surface area (Å²) in [4.78, 5) is 12.5. The molecule has 1 unspecified atom stereocenters.